The first kappa shape index (κ1) is 15.0. The molecule has 2 heterocycles. The molecule has 1 fully saturated rings. The molecule has 0 spiro atoms. The van der Waals surface area contributed by atoms with Crippen LogP contribution in [0.4, 0.5) is 0 Å². The summed E-state index contributed by atoms with van der Waals surface area (Å²) in [5.74, 6) is 0. The summed E-state index contributed by atoms with van der Waals surface area (Å²) in [4.78, 5) is 2.75. The molecule has 0 aromatic carbocycles. The van der Waals surface area contributed by atoms with Crippen LogP contribution in [0, 0.1) is 0 Å². The maximum Gasteiger partial charge on any atom is 0.0515 e. The Kier molecular flexibility index (Phi) is 5.43. The van der Waals surface area contributed by atoms with Gasteiger partial charge in [0.2, 0.25) is 0 Å². The molecular weight excluding hydrogens is 252 g/mol. The van der Waals surface area contributed by atoms with E-state index < -0.39 is 0 Å². The molecule has 3 heteroatoms. The van der Waals surface area contributed by atoms with Gasteiger partial charge in [0, 0.05) is 5.54 Å². The molecule has 1 aliphatic rings. The van der Waals surface area contributed by atoms with Gasteiger partial charge in [-0.2, -0.15) is 11.3 Å². The van der Waals surface area contributed by atoms with E-state index in [1.54, 1.807) is 0 Å². The van der Waals surface area contributed by atoms with Crippen LogP contribution in [0.2, 0.25) is 0 Å². The van der Waals surface area contributed by atoms with Crippen LogP contribution in [-0.2, 0) is 0 Å². The number of nitrogens with zero attached hydrogens (tertiary/aromatic N) is 1. The molecule has 0 bridgehead atoms. The van der Waals surface area contributed by atoms with Crippen molar-refractivity contribution >= 4 is 11.3 Å². The molecule has 1 aliphatic heterocycles. The van der Waals surface area contributed by atoms with E-state index >= 15 is 0 Å². The Morgan fingerprint density at radius 3 is 2.42 bits per heavy atom. The van der Waals surface area contributed by atoms with Crippen molar-refractivity contribution in [2.24, 2.45) is 0 Å². The molecule has 1 saturated heterocycles. The number of likely N-dealkylation sites (N-methyl/N-ethyl adjacent to an activating group) is 1. The standard InChI is InChI=1S/C16H28N2S/c1-4-16(5-2,18-10-7-8-11-18)15(17-6-3)14-9-12-19-13-14/h9,12-13,15,17H,4-8,10-11H2,1-3H3. The summed E-state index contributed by atoms with van der Waals surface area (Å²) >= 11 is 1.81. The number of hydrogen-bond acceptors (Lipinski definition) is 3. The van der Waals surface area contributed by atoms with Crippen molar-refractivity contribution in [3.8, 4) is 0 Å². The molecule has 1 N–H and O–H groups in total. The van der Waals surface area contributed by atoms with Crippen LogP contribution in [0.5, 0.6) is 0 Å². The average molecular weight is 280 g/mol. The van der Waals surface area contributed by atoms with Gasteiger partial charge in [-0.1, -0.05) is 20.8 Å². The van der Waals surface area contributed by atoms with Crippen LogP contribution < -0.4 is 5.32 Å². The van der Waals surface area contributed by atoms with Crippen LogP contribution in [0.1, 0.15) is 58.1 Å². The summed E-state index contributed by atoms with van der Waals surface area (Å²) < 4.78 is 0. The molecule has 1 aromatic heterocycles. The van der Waals surface area contributed by atoms with Gasteiger partial charge in [0.25, 0.3) is 0 Å². The third-order valence-electron chi connectivity index (χ3n) is 4.78. The lowest BCUT2D eigenvalue weighted by Gasteiger charge is -2.47. The Labute approximate surface area is 122 Å². The van der Waals surface area contributed by atoms with Gasteiger partial charge >= 0.3 is 0 Å². The molecule has 0 radical (unpaired) electrons. The van der Waals surface area contributed by atoms with E-state index in [4.69, 9.17) is 0 Å². The predicted octanol–water partition coefficient (Wildman–Crippen LogP) is 4.05. The Balaban J connectivity index is 2.32. The zero-order chi connectivity index (χ0) is 13.7. The highest BCUT2D eigenvalue weighted by Crippen LogP contribution is 2.39. The fraction of sp³-hybridized carbons (Fsp3) is 0.750. The van der Waals surface area contributed by atoms with Gasteiger partial charge in [-0.25, -0.2) is 0 Å². The van der Waals surface area contributed by atoms with Crippen LogP contribution >= 0.6 is 11.3 Å². The zero-order valence-corrected chi connectivity index (χ0v) is 13.4. The van der Waals surface area contributed by atoms with E-state index in [0.29, 0.717) is 6.04 Å². The average Bonchev–Trinajstić information content (AvgIpc) is 3.13. The zero-order valence-electron chi connectivity index (χ0n) is 12.6. The third kappa shape index (κ3) is 2.88. The van der Waals surface area contributed by atoms with Crippen LogP contribution in [-0.4, -0.2) is 30.1 Å². The lowest BCUT2D eigenvalue weighted by molar-refractivity contribution is 0.0624. The molecule has 1 aromatic rings. The second-order valence-corrected chi connectivity index (χ2v) is 6.33. The topological polar surface area (TPSA) is 15.3 Å². The second kappa shape index (κ2) is 6.87. The Bertz CT molecular complexity index is 351. The van der Waals surface area contributed by atoms with Gasteiger partial charge in [-0.05, 0) is 67.7 Å². The first-order chi connectivity index (χ1) is 9.28. The number of nitrogens with one attached hydrogen (secondary N) is 1. The monoisotopic (exact) mass is 280 g/mol. The van der Waals surface area contributed by atoms with Crippen molar-refractivity contribution in [2.75, 3.05) is 19.6 Å². The highest BCUT2D eigenvalue weighted by Gasteiger charge is 2.42. The number of thiophene rings is 1. The normalized spacial score (nSPS) is 18.9. The van der Waals surface area contributed by atoms with Crippen molar-refractivity contribution in [1.29, 1.82) is 0 Å². The highest BCUT2D eigenvalue weighted by molar-refractivity contribution is 7.07. The van der Waals surface area contributed by atoms with Crippen molar-refractivity contribution in [2.45, 2.75) is 58.0 Å². The largest absolute Gasteiger partial charge is 0.309 e. The van der Waals surface area contributed by atoms with Gasteiger partial charge in [0.15, 0.2) is 0 Å². The Morgan fingerprint density at radius 2 is 1.95 bits per heavy atom. The van der Waals surface area contributed by atoms with Gasteiger partial charge in [-0.3, -0.25) is 4.90 Å². The smallest absolute Gasteiger partial charge is 0.0515 e. The molecule has 0 amide bonds. The van der Waals surface area contributed by atoms with Crippen molar-refractivity contribution in [3.05, 3.63) is 22.4 Å². The van der Waals surface area contributed by atoms with E-state index in [-0.39, 0.29) is 5.54 Å². The molecule has 19 heavy (non-hydrogen) atoms. The third-order valence-corrected chi connectivity index (χ3v) is 5.48. The first-order valence-electron chi connectivity index (χ1n) is 7.79. The van der Waals surface area contributed by atoms with Gasteiger partial charge < -0.3 is 5.32 Å². The molecular formula is C16H28N2S. The maximum atomic E-state index is 3.77. The maximum absolute atomic E-state index is 3.77. The van der Waals surface area contributed by atoms with Crippen LogP contribution in [0.25, 0.3) is 0 Å². The van der Waals surface area contributed by atoms with Gasteiger partial charge in [0.1, 0.15) is 0 Å². The minimum atomic E-state index is 0.285. The fourth-order valence-electron chi connectivity index (χ4n) is 3.71. The molecule has 0 aliphatic carbocycles. The Hall–Kier alpha value is -0.380. The summed E-state index contributed by atoms with van der Waals surface area (Å²) in [6.07, 6.45) is 5.17. The minimum absolute atomic E-state index is 0.285. The predicted molar refractivity (Wildman–Crippen MR) is 84.9 cm³/mol. The molecule has 2 rings (SSSR count). The number of likely N-dealkylation sites (tertiary alicyclic amines) is 1. The van der Waals surface area contributed by atoms with E-state index in [2.05, 4.69) is 47.8 Å². The first-order valence-corrected chi connectivity index (χ1v) is 8.73. The molecule has 2 nitrogen and oxygen atoms in total. The molecule has 1 atom stereocenters. The van der Waals surface area contributed by atoms with Crippen molar-refractivity contribution in [1.82, 2.24) is 10.2 Å². The summed E-state index contributed by atoms with van der Waals surface area (Å²) in [6.45, 7) is 10.5. The van der Waals surface area contributed by atoms with Crippen LogP contribution in [0.15, 0.2) is 16.8 Å². The SMILES string of the molecule is CCNC(c1ccsc1)C(CC)(CC)N1CCCC1. The van der Waals surface area contributed by atoms with Gasteiger partial charge in [-0.15, -0.1) is 0 Å². The second-order valence-electron chi connectivity index (χ2n) is 5.55. The minimum Gasteiger partial charge on any atom is -0.309 e. The van der Waals surface area contributed by atoms with Crippen molar-refractivity contribution in [3.63, 3.8) is 0 Å². The highest BCUT2D eigenvalue weighted by atomic mass is 32.1. The van der Waals surface area contributed by atoms with Gasteiger partial charge in [0.05, 0.1) is 6.04 Å². The fourth-order valence-corrected chi connectivity index (χ4v) is 4.40. The summed E-state index contributed by atoms with van der Waals surface area (Å²) in [5.41, 5.74) is 1.76. The summed E-state index contributed by atoms with van der Waals surface area (Å²) in [7, 11) is 0. The van der Waals surface area contributed by atoms with Crippen LogP contribution in [0.3, 0.4) is 0 Å². The van der Waals surface area contributed by atoms with E-state index in [0.717, 1.165) is 6.54 Å². The molecule has 108 valence electrons. The summed E-state index contributed by atoms with van der Waals surface area (Å²) in [5, 5.41) is 8.30. The number of hydrogen-bond donors (Lipinski definition) is 1. The van der Waals surface area contributed by atoms with E-state index in [1.165, 1.54) is 44.3 Å². The lowest BCUT2D eigenvalue weighted by Crippen LogP contribution is -2.55. The quantitative estimate of drug-likeness (QED) is 0.810. The van der Waals surface area contributed by atoms with E-state index in [9.17, 15) is 0 Å². The molecule has 1 unspecified atom stereocenters. The molecule has 0 saturated carbocycles. The number of rotatable bonds is 7. The Morgan fingerprint density at radius 1 is 1.26 bits per heavy atom. The van der Waals surface area contributed by atoms with Crippen molar-refractivity contribution < 1.29 is 0 Å². The van der Waals surface area contributed by atoms with E-state index in [1.807, 2.05) is 11.3 Å². The lowest BCUT2D eigenvalue weighted by atomic mass is 9.80. The summed E-state index contributed by atoms with van der Waals surface area (Å²) in [6, 6.07) is 2.77.